The minimum Gasteiger partial charge on any atom is -0.460 e. The maximum atomic E-state index is 11.3. The van der Waals surface area contributed by atoms with Crippen LogP contribution in [0.2, 0.25) is 0 Å². The van der Waals surface area contributed by atoms with Crippen LogP contribution in [0.4, 0.5) is 0 Å². The summed E-state index contributed by atoms with van der Waals surface area (Å²) in [5, 5.41) is 41.6. The number of allylic oxidation sites excluding steroid dienone is 1. The average Bonchev–Trinajstić information content (AvgIpc) is 2.74. The van der Waals surface area contributed by atoms with E-state index in [1.54, 1.807) is 0 Å². The lowest BCUT2D eigenvalue weighted by molar-refractivity contribution is -0.141. The molecule has 0 saturated carbocycles. The average molecular weight is 421 g/mol. The Kier molecular flexibility index (Phi) is 26.1. The summed E-state index contributed by atoms with van der Waals surface area (Å²) in [6.07, 6.45) is 16.6. The number of carbonyl (C=O) groups excluding carboxylic acids is 1. The molecule has 0 spiro atoms. The Bertz CT molecular complexity index is 357. The van der Waals surface area contributed by atoms with Crippen LogP contribution in [0.15, 0.2) is 12.2 Å². The molecular formula is C22H44O7. The zero-order valence-corrected chi connectivity index (χ0v) is 18.2. The summed E-state index contributed by atoms with van der Waals surface area (Å²) in [6.45, 7) is 0.973. The Balaban J connectivity index is 0. The highest BCUT2D eigenvalue weighted by atomic mass is 16.5. The lowest BCUT2D eigenvalue weighted by Gasteiger charge is -2.06. The number of rotatable bonds is 18. The topological polar surface area (TPSA) is 127 Å². The van der Waals surface area contributed by atoms with E-state index in [4.69, 9.17) is 30.3 Å². The fourth-order valence-electron chi connectivity index (χ4n) is 2.44. The van der Waals surface area contributed by atoms with Crippen molar-refractivity contribution < 1.29 is 35.1 Å². The molecule has 0 saturated heterocycles. The van der Waals surface area contributed by atoms with E-state index >= 15 is 0 Å². The molecule has 0 aromatic heterocycles. The first-order valence-electron chi connectivity index (χ1n) is 11.0. The van der Waals surface area contributed by atoms with Crippen LogP contribution in [-0.4, -0.2) is 70.1 Å². The van der Waals surface area contributed by atoms with Crippen molar-refractivity contribution in [1.29, 1.82) is 0 Å². The van der Waals surface area contributed by atoms with Gasteiger partial charge in [0.25, 0.3) is 0 Å². The van der Waals surface area contributed by atoms with Gasteiger partial charge in [-0.2, -0.15) is 0 Å². The SMILES string of the molecule is CCCCCCCCCCCCCC=CC(=O)OCC(O)CO.OCC(O)CO. The summed E-state index contributed by atoms with van der Waals surface area (Å²) < 4.78 is 4.77. The molecule has 7 heteroatoms. The van der Waals surface area contributed by atoms with E-state index in [1.807, 2.05) is 6.08 Å². The first-order chi connectivity index (χ1) is 14.0. The van der Waals surface area contributed by atoms with E-state index in [0.29, 0.717) is 0 Å². The molecule has 5 N–H and O–H groups in total. The molecule has 0 aromatic carbocycles. The molecule has 0 fully saturated rings. The van der Waals surface area contributed by atoms with Crippen LogP contribution in [0.3, 0.4) is 0 Å². The quantitative estimate of drug-likeness (QED) is 0.131. The molecular weight excluding hydrogens is 376 g/mol. The molecule has 0 aliphatic carbocycles. The number of hydrogen-bond donors (Lipinski definition) is 5. The highest BCUT2D eigenvalue weighted by Gasteiger charge is 2.04. The Morgan fingerprint density at radius 1 is 0.759 bits per heavy atom. The number of carbonyl (C=O) groups is 1. The van der Waals surface area contributed by atoms with Crippen LogP contribution < -0.4 is 0 Å². The molecule has 7 nitrogen and oxygen atoms in total. The lowest BCUT2D eigenvalue weighted by Crippen LogP contribution is -2.21. The second-order valence-corrected chi connectivity index (χ2v) is 7.21. The fraction of sp³-hybridized carbons (Fsp3) is 0.864. The molecule has 0 aliphatic heterocycles. The van der Waals surface area contributed by atoms with E-state index in [1.165, 1.54) is 70.3 Å². The summed E-state index contributed by atoms with van der Waals surface area (Å²) in [4.78, 5) is 11.3. The third-order valence-electron chi connectivity index (χ3n) is 4.28. The van der Waals surface area contributed by atoms with Crippen molar-refractivity contribution >= 4 is 5.97 Å². The Labute approximate surface area is 176 Å². The van der Waals surface area contributed by atoms with Gasteiger partial charge in [0, 0.05) is 6.08 Å². The van der Waals surface area contributed by atoms with E-state index in [9.17, 15) is 4.79 Å². The molecule has 0 rings (SSSR count). The van der Waals surface area contributed by atoms with Crippen LogP contribution in [0, 0.1) is 0 Å². The van der Waals surface area contributed by atoms with Crippen molar-refractivity contribution in [2.75, 3.05) is 26.4 Å². The summed E-state index contributed by atoms with van der Waals surface area (Å²) >= 11 is 0. The molecule has 0 bridgehead atoms. The number of unbranched alkanes of at least 4 members (excludes halogenated alkanes) is 11. The number of ether oxygens (including phenoxy) is 1. The second kappa shape index (κ2) is 25.0. The van der Waals surface area contributed by atoms with E-state index in [0.717, 1.165) is 12.8 Å². The first kappa shape index (κ1) is 30.2. The van der Waals surface area contributed by atoms with Gasteiger partial charge in [-0.05, 0) is 12.8 Å². The number of aliphatic hydroxyl groups is 5. The highest BCUT2D eigenvalue weighted by molar-refractivity contribution is 5.81. The Morgan fingerprint density at radius 3 is 1.62 bits per heavy atom. The van der Waals surface area contributed by atoms with Gasteiger partial charge in [-0.3, -0.25) is 0 Å². The molecule has 1 unspecified atom stereocenters. The number of esters is 1. The predicted octanol–water partition coefficient (Wildman–Crippen LogP) is 2.47. The Morgan fingerprint density at radius 2 is 1.21 bits per heavy atom. The third-order valence-corrected chi connectivity index (χ3v) is 4.28. The van der Waals surface area contributed by atoms with Crippen LogP contribution in [0.1, 0.15) is 84.0 Å². The van der Waals surface area contributed by atoms with Crippen LogP contribution in [0.5, 0.6) is 0 Å². The number of hydrogen-bond acceptors (Lipinski definition) is 7. The van der Waals surface area contributed by atoms with Crippen molar-refractivity contribution in [3.8, 4) is 0 Å². The minimum atomic E-state index is -0.987. The van der Waals surface area contributed by atoms with Crippen molar-refractivity contribution in [3.63, 3.8) is 0 Å². The zero-order valence-electron chi connectivity index (χ0n) is 18.2. The summed E-state index contributed by atoms with van der Waals surface area (Å²) in [7, 11) is 0. The van der Waals surface area contributed by atoms with Gasteiger partial charge < -0.3 is 30.3 Å². The largest absolute Gasteiger partial charge is 0.460 e. The van der Waals surface area contributed by atoms with Crippen LogP contribution >= 0.6 is 0 Å². The van der Waals surface area contributed by atoms with Crippen molar-refractivity contribution in [2.24, 2.45) is 0 Å². The molecule has 29 heavy (non-hydrogen) atoms. The van der Waals surface area contributed by atoms with Gasteiger partial charge in [-0.25, -0.2) is 4.79 Å². The second-order valence-electron chi connectivity index (χ2n) is 7.21. The fourth-order valence-corrected chi connectivity index (χ4v) is 2.44. The van der Waals surface area contributed by atoms with Gasteiger partial charge in [-0.1, -0.05) is 77.2 Å². The minimum absolute atomic E-state index is 0.155. The first-order valence-corrected chi connectivity index (χ1v) is 11.0. The van der Waals surface area contributed by atoms with Gasteiger partial charge >= 0.3 is 5.97 Å². The zero-order chi connectivity index (χ0) is 22.2. The molecule has 0 aromatic rings. The van der Waals surface area contributed by atoms with Gasteiger partial charge in [0.1, 0.15) is 18.8 Å². The maximum Gasteiger partial charge on any atom is 0.330 e. The van der Waals surface area contributed by atoms with Gasteiger partial charge in [-0.15, -0.1) is 0 Å². The van der Waals surface area contributed by atoms with Crippen LogP contribution in [-0.2, 0) is 9.53 Å². The molecule has 0 aliphatic rings. The Hall–Kier alpha value is -0.990. The van der Waals surface area contributed by atoms with E-state index < -0.39 is 24.8 Å². The van der Waals surface area contributed by atoms with Crippen LogP contribution in [0.25, 0.3) is 0 Å². The van der Waals surface area contributed by atoms with E-state index in [2.05, 4.69) is 6.92 Å². The summed E-state index contributed by atoms with van der Waals surface area (Å²) in [5.41, 5.74) is 0. The van der Waals surface area contributed by atoms with E-state index in [-0.39, 0.29) is 19.8 Å². The lowest BCUT2D eigenvalue weighted by atomic mass is 10.1. The summed E-state index contributed by atoms with van der Waals surface area (Å²) in [6, 6.07) is 0. The third kappa shape index (κ3) is 27.0. The highest BCUT2D eigenvalue weighted by Crippen LogP contribution is 2.12. The molecule has 1 atom stereocenters. The molecule has 0 amide bonds. The standard InChI is InChI=1S/C19H36O4.C3H8O3/c1-2-3-4-5-6-7-8-9-10-11-12-13-14-15-19(22)23-17-18(21)16-20;4-1-3(6)2-5/h14-15,18,20-21H,2-13,16-17H2,1H3;3-6H,1-2H2. The maximum absolute atomic E-state index is 11.3. The predicted molar refractivity (Wildman–Crippen MR) is 114 cm³/mol. The van der Waals surface area contributed by atoms with Gasteiger partial charge in [0.2, 0.25) is 0 Å². The number of aliphatic hydroxyl groups excluding tert-OH is 5. The van der Waals surface area contributed by atoms with Gasteiger partial charge in [0.15, 0.2) is 0 Å². The van der Waals surface area contributed by atoms with Crippen molar-refractivity contribution in [3.05, 3.63) is 12.2 Å². The molecule has 174 valence electrons. The normalized spacial score (nSPS) is 12.1. The smallest absolute Gasteiger partial charge is 0.330 e. The monoisotopic (exact) mass is 420 g/mol. The summed E-state index contributed by atoms with van der Waals surface area (Å²) in [5.74, 6) is -0.458. The molecule has 0 heterocycles. The van der Waals surface area contributed by atoms with Crippen molar-refractivity contribution in [1.82, 2.24) is 0 Å². The van der Waals surface area contributed by atoms with Gasteiger partial charge in [0.05, 0.1) is 19.8 Å². The van der Waals surface area contributed by atoms with Crippen molar-refractivity contribution in [2.45, 2.75) is 96.2 Å². The molecule has 0 radical (unpaired) electrons.